The van der Waals surface area contributed by atoms with Crippen LogP contribution in [0.3, 0.4) is 0 Å². The first-order chi connectivity index (χ1) is 9.91. The van der Waals surface area contributed by atoms with Crippen molar-refractivity contribution in [2.45, 2.75) is 25.4 Å². The quantitative estimate of drug-likeness (QED) is 0.658. The Morgan fingerprint density at radius 3 is 2.64 bits per heavy atom. The maximum Gasteiger partial charge on any atom is 0.241 e. The standard InChI is InChI=1S/C12H21N3O4S2.ClH/c1-2-15(12(17)10-6-20-8-13-10)5-11(16)14-9-3-4-21(18,19)7-9;/h9-10,13H,2-8H2,1H3,(H,14,16);1H. The van der Waals surface area contributed by atoms with E-state index in [2.05, 4.69) is 10.6 Å². The lowest BCUT2D eigenvalue weighted by Gasteiger charge is -2.24. The summed E-state index contributed by atoms with van der Waals surface area (Å²) in [7, 11) is -3.01. The van der Waals surface area contributed by atoms with Crippen LogP contribution >= 0.6 is 24.2 Å². The number of hydrogen-bond donors (Lipinski definition) is 2. The van der Waals surface area contributed by atoms with Crippen LogP contribution in [0.25, 0.3) is 0 Å². The maximum atomic E-state index is 12.2. The van der Waals surface area contributed by atoms with Crippen molar-refractivity contribution >= 4 is 45.8 Å². The van der Waals surface area contributed by atoms with E-state index in [1.807, 2.05) is 6.92 Å². The highest BCUT2D eigenvalue weighted by Gasteiger charge is 2.31. The van der Waals surface area contributed by atoms with E-state index in [0.29, 0.717) is 13.0 Å². The number of rotatable bonds is 5. The van der Waals surface area contributed by atoms with Crippen molar-refractivity contribution in [3.8, 4) is 0 Å². The van der Waals surface area contributed by atoms with E-state index >= 15 is 0 Å². The average Bonchev–Trinajstić information content (AvgIpc) is 3.05. The van der Waals surface area contributed by atoms with Crippen LogP contribution < -0.4 is 10.6 Å². The highest BCUT2D eigenvalue weighted by molar-refractivity contribution is 7.99. The summed E-state index contributed by atoms with van der Waals surface area (Å²) < 4.78 is 22.7. The second-order valence-electron chi connectivity index (χ2n) is 5.29. The van der Waals surface area contributed by atoms with Crippen LogP contribution in [0, 0.1) is 0 Å². The van der Waals surface area contributed by atoms with Crippen LogP contribution in [-0.2, 0) is 19.4 Å². The van der Waals surface area contributed by atoms with E-state index in [1.165, 1.54) is 4.90 Å². The lowest BCUT2D eigenvalue weighted by atomic mass is 10.2. The van der Waals surface area contributed by atoms with Crippen LogP contribution in [0.2, 0.25) is 0 Å². The molecule has 2 rings (SSSR count). The van der Waals surface area contributed by atoms with Crippen molar-refractivity contribution in [2.24, 2.45) is 0 Å². The Bertz CT molecular complexity index is 509. The van der Waals surface area contributed by atoms with Crippen LogP contribution in [0.1, 0.15) is 13.3 Å². The number of halogens is 1. The van der Waals surface area contributed by atoms with Crippen LogP contribution in [0.15, 0.2) is 0 Å². The smallest absolute Gasteiger partial charge is 0.241 e. The summed E-state index contributed by atoms with van der Waals surface area (Å²) in [5.74, 6) is 1.23. The van der Waals surface area contributed by atoms with Crippen LogP contribution in [0.4, 0.5) is 0 Å². The molecule has 128 valence electrons. The zero-order valence-electron chi connectivity index (χ0n) is 12.4. The van der Waals surface area contributed by atoms with Crippen molar-refractivity contribution in [1.29, 1.82) is 0 Å². The molecule has 7 nitrogen and oxygen atoms in total. The molecule has 2 amide bonds. The van der Waals surface area contributed by atoms with Crippen molar-refractivity contribution < 1.29 is 18.0 Å². The Hall–Kier alpha value is -0.510. The number of thioether (sulfide) groups is 1. The van der Waals surface area contributed by atoms with Gasteiger partial charge in [-0.15, -0.1) is 24.2 Å². The SMILES string of the molecule is CCN(CC(=O)NC1CCS(=O)(=O)C1)C(=O)C1CSCN1.Cl. The molecule has 0 aromatic heterocycles. The summed E-state index contributed by atoms with van der Waals surface area (Å²) in [6.07, 6.45) is 0.453. The minimum Gasteiger partial charge on any atom is -0.351 e. The number of hydrogen-bond acceptors (Lipinski definition) is 6. The van der Waals surface area contributed by atoms with E-state index in [4.69, 9.17) is 0 Å². The van der Waals surface area contributed by atoms with E-state index in [9.17, 15) is 18.0 Å². The summed E-state index contributed by atoms with van der Waals surface area (Å²) in [4.78, 5) is 25.7. The third-order valence-electron chi connectivity index (χ3n) is 3.64. The molecule has 0 radical (unpaired) electrons. The van der Waals surface area contributed by atoms with Gasteiger partial charge in [0, 0.05) is 24.2 Å². The Labute approximate surface area is 141 Å². The summed E-state index contributed by atoms with van der Waals surface area (Å²) in [5.41, 5.74) is 0. The highest BCUT2D eigenvalue weighted by Crippen LogP contribution is 2.13. The molecule has 2 fully saturated rings. The molecule has 0 saturated carbocycles. The predicted octanol–water partition coefficient (Wildman–Crippen LogP) is -0.777. The van der Waals surface area contributed by atoms with Gasteiger partial charge >= 0.3 is 0 Å². The van der Waals surface area contributed by atoms with Gasteiger partial charge in [-0.2, -0.15) is 0 Å². The lowest BCUT2D eigenvalue weighted by molar-refractivity contribution is -0.137. The monoisotopic (exact) mass is 371 g/mol. The molecule has 2 saturated heterocycles. The molecule has 22 heavy (non-hydrogen) atoms. The molecule has 0 bridgehead atoms. The third kappa shape index (κ3) is 5.29. The van der Waals surface area contributed by atoms with Crippen molar-refractivity contribution in [3.63, 3.8) is 0 Å². The van der Waals surface area contributed by atoms with E-state index in [-0.39, 0.29) is 54.4 Å². The average molecular weight is 372 g/mol. The summed E-state index contributed by atoms with van der Waals surface area (Å²) in [5, 5.41) is 5.80. The number of carbonyl (C=O) groups is 2. The first-order valence-corrected chi connectivity index (χ1v) is 9.98. The third-order valence-corrected chi connectivity index (χ3v) is 6.35. The molecule has 2 unspecified atom stereocenters. The molecule has 0 aromatic rings. The van der Waals surface area contributed by atoms with Gasteiger partial charge in [0.25, 0.3) is 0 Å². The van der Waals surface area contributed by atoms with Crippen molar-refractivity contribution in [1.82, 2.24) is 15.5 Å². The van der Waals surface area contributed by atoms with Gasteiger partial charge in [0.2, 0.25) is 11.8 Å². The number of likely N-dealkylation sites (N-methyl/N-ethyl adjacent to an activating group) is 1. The van der Waals surface area contributed by atoms with Crippen LogP contribution in [0.5, 0.6) is 0 Å². The number of carbonyl (C=O) groups excluding carboxylic acids is 2. The minimum absolute atomic E-state index is 0. The fourth-order valence-electron chi connectivity index (χ4n) is 2.48. The fourth-order valence-corrected chi connectivity index (χ4v) is 5.08. The summed E-state index contributed by atoms with van der Waals surface area (Å²) >= 11 is 1.66. The second kappa shape index (κ2) is 8.37. The zero-order chi connectivity index (χ0) is 15.5. The van der Waals surface area contributed by atoms with Crippen molar-refractivity contribution in [3.05, 3.63) is 0 Å². The number of sulfone groups is 1. The predicted molar refractivity (Wildman–Crippen MR) is 89.0 cm³/mol. The minimum atomic E-state index is -3.01. The van der Waals surface area contributed by atoms with E-state index < -0.39 is 9.84 Å². The number of nitrogens with one attached hydrogen (secondary N) is 2. The molecule has 0 spiro atoms. The molecule has 2 aliphatic heterocycles. The van der Waals surface area contributed by atoms with Gasteiger partial charge in [0.05, 0.1) is 24.1 Å². The first kappa shape index (κ1) is 19.5. The van der Waals surface area contributed by atoms with Crippen LogP contribution in [-0.4, -0.2) is 73.4 Å². The van der Waals surface area contributed by atoms with Gasteiger partial charge < -0.3 is 10.2 Å². The summed E-state index contributed by atoms with van der Waals surface area (Å²) in [6, 6.07) is -0.550. The van der Waals surface area contributed by atoms with Gasteiger partial charge in [-0.3, -0.25) is 14.9 Å². The van der Waals surface area contributed by atoms with Crippen molar-refractivity contribution in [2.75, 3.05) is 36.2 Å². The van der Waals surface area contributed by atoms with Gasteiger partial charge in [-0.1, -0.05) is 0 Å². The molecular weight excluding hydrogens is 350 g/mol. The lowest BCUT2D eigenvalue weighted by Crippen LogP contribution is -2.49. The highest BCUT2D eigenvalue weighted by atomic mass is 35.5. The molecule has 2 N–H and O–H groups in total. The molecule has 2 heterocycles. The van der Waals surface area contributed by atoms with Gasteiger partial charge in [-0.25, -0.2) is 8.42 Å². The Balaban J connectivity index is 0.00000242. The normalized spacial score (nSPS) is 26.2. The molecule has 2 aliphatic rings. The second-order valence-corrected chi connectivity index (χ2v) is 8.55. The number of nitrogens with zero attached hydrogens (tertiary/aromatic N) is 1. The molecule has 0 aliphatic carbocycles. The van der Waals surface area contributed by atoms with Gasteiger partial charge in [0.1, 0.15) is 0 Å². The molecule has 2 atom stereocenters. The Morgan fingerprint density at radius 1 is 1.41 bits per heavy atom. The van der Waals surface area contributed by atoms with Gasteiger partial charge in [0.15, 0.2) is 9.84 Å². The van der Waals surface area contributed by atoms with E-state index in [1.54, 1.807) is 11.8 Å². The maximum absolute atomic E-state index is 12.2. The van der Waals surface area contributed by atoms with Gasteiger partial charge in [-0.05, 0) is 13.3 Å². The topological polar surface area (TPSA) is 95.6 Å². The molecular formula is C12H22ClN3O4S2. The zero-order valence-corrected chi connectivity index (χ0v) is 14.9. The first-order valence-electron chi connectivity index (χ1n) is 7.01. The Morgan fingerprint density at radius 2 is 2.14 bits per heavy atom. The molecule has 0 aromatic carbocycles. The number of amides is 2. The fraction of sp³-hybridized carbons (Fsp3) is 0.833. The largest absolute Gasteiger partial charge is 0.351 e. The molecule has 10 heteroatoms. The summed E-state index contributed by atoms with van der Waals surface area (Å²) in [6.45, 7) is 2.26. The van der Waals surface area contributed by atoms with E-state index in [0.717, 1.165) is 11.6 Å². The Kier molecular flexibility index (Phi) is 7.43.